The summed E-state index contributed by atoms with van der Waals surface area (Å²) in [5.74, 6) is -0.899. The van der Waals surface area contributed by atoms with Crippen LogP contribution in [0.15, 0.2) is 30.3 Å². The summed E-state index contributed by atoms with van der Waals surface area (Å²) in [7, 11) is 0. The molecule has 0 unspecified atom stereocenters. The van der Waals surface area contributed by atoms with Gasteiger partial charge < -0.3 is 25.4 Å². The number of benzene rings is 1. The Bertz CT molecular complexity index is 972. The Morgan fingerprint density at radius 1 is 1.00 bits per heavy atom. The van der Waals surface area contributed by atoms with Gasteiger partial charge >= 0.3 is 0 Å². The fraction of sp³-hybridized carbons (Fsp3) is 0.630. The molecule has 3 amide bonds. The molecule has 3 N–H and O–H groups in total. The van der Waals surface area contributed by atoms with Gasteiger partial charge in [-0.1, -0.05) is 43.2 Å². The van der Waals surface area contributed by atoms with E-state index < -0.39 is 35.5 Å². The third-order valence-corrected chi connectivity index (χ3v) is 7.15. The molecule has 0 aromatic heterocycles. The number of amides is 3. The summed E-state index contributed by atoms with van der Waals surface area (Å²) in [4.78, 5) is 53.9. The molecule has 1 aromatic rings. The van der Waals surface area contributed by atoms with Gasteiger partial charge in [0.25, 0.3) is 0 Å². The Kier molecular flexibility index (Phi) is 8.94. The topological polar surface area (TPSA) is 129 Å². The first-order valence-electron chi connectivity index (χ1n) is 13.2. The average Bonchev–Trinajstić information content (AvgIpc) is 3.82. The number of ketones is 1. The van der Waals surface area contributed by atoms with Crippen LogP contribution in [0.3, 0.4) is 0 Å². The molecule has 2 heterocycles. The minimum absolute atomic E-state index is 0.176. The number of carbonyl (C=O) groups is 4. The van der Waals surface area contributed by atoms with Gasteiger partial charge in [0, 0.05) is 13.1 Å². The van der Waals surface area contributed by atoms with Gasteiger partial charge in [0.05, 0.1) is 32.4 Å². The van der Waals surface area contributed by atoms with E-state index in [1.54, 1.807) is 13.8 Å². The second-order valence-corrected chi connectivity index (χ2v) is 10.6. The Morgan fingerprint density at radius 3 is 2.27 bits per heavy atom. The molecule has 1 aliphatic carbocycles. The summed E-state index contributed by atoms with van der Waals surface area (Å²) in [6.45, 7) is 6.36. The van der Waals surface area contributed by atoms with Gasteiger partial charge in [-0.25, -0.2) is 0 Å². The molecule has 0 radical (unpaired) electrons. The van der Waals surface area contributed by atoms with Crippen LogP contribution in [0.4, 0.5) is 0 Å². The van der Waals surface area contributed by atoms with Gasteiger partial charge in [0.1, 0.15) is 17.7 Å². The summed E-state index contributed by atoms with van der Waals surface area (Å²) in [6, 6.07) is 7.12. The maximum absolute atomic E-state index is 13.4. The van der Waals surface area contributed by atoms with Crippen LogP contribution in [-0.2, 0) is 35.1 Å². The number of carbonyl (C=O) groups excluding carboxylic acids is 4. The van der Waals surface area contributed by atoms with Gasteiger partial charge in [0.2, 0.25) is 17.7 Å². The molecule has 1 saturated carbocycles. The van der Waals surface area contributed by atoms with Crippen LogP contribution < -0.4 is 16.0 Å². The van der Waals surface area contributed by atoms with Crippen molar-refractivity contribution in [3.05, 3.63) is 35.9 Å². The van der Waals surface area contributed by atoms with Crippen molar-refractivity contribution in [1.29, 1.82) is 0 Å². The van der Waals surface area contributed by atoms with E-state index >= 15 is 0 Å². The first-order valence-corrected chi connectivity index (χ1v) is 13.2. The number of epoxide rings is 1. The first kappa shape index (κ1) is 27.2. The molecule has 0 spiro atoms. The number of hydrogen-bond donors (Lipinski definition) is 3. The molecule has 3 aliphatic rings. The first-order chi connectivity index (χ1) is 17.7. The van der Waals surface area contributed by atoms with E-state index in [1.165, 1.54) is 0 Å². The molecular weight excluding hydrogens is 476 g/mol. The van der Waals surface area contributed by atoms with Crippen LogP contribution in [0.1, 0.15) is 38.7 Å². The smallest absolute Gasteiger partial charge is 0.243 e. The standard InChI is InChI=1S/C27H38N4O6/c1-18(28-23(32)16-31-10-12-36-13-11-31)25(34)30-22(15-20-8-9-20)26(35)29-21(24(33)27(2)17-37-27)14-19-6-4-3-5-7-19/h3-7,18,20-22H,8-17H2,1-2H3,(H,28,32)(H,29,35)(H,30,34)/t18-,21-,22-,27-/m0/s1. The molecule has 4 atom stereocenters. The highest BCUT2D eigenvalue weighted by atomic mass is 16.6. The third-order valence-electron chi connectivity index (χ3n) is 7.15. The number of nitrogens with zero attached hydrogens (tertiary/aromatic N) is 1. The van der Waals surface area contributed by atoms with Crippen molar-refractivity contribution >= 4 is 23.5 Å². The largest absolute Gasteiger partial charge is 0.379 e. The van der Waals surface area contributed by atoms with Crippen LogP contribution >= 0.6 is 0 Å². The second-order valence-electron chi connectivity index (χ2n) is 10.6. The second kappa shape index (κ2) is 12.1. The van der Waals surface area contributed by atoms with Gasteiger partial charge in [-0.2, -0.15) is 0 Å². The molecular formula is C27H38N4O6. The van der Waals surface area contributed by atoms with Crippen LogP contribution in [0.25, 0.3) is 0 Å². The Labute approximate surface area is 217 Å². The van der Waals surface area contributed by atoms with Crippen molar-refractivity contribution in [3.8, 4) is 0 Å². The lowest BCUT2D eigenvalue weighted by Gasteiger charge is -2.27. The number of morpholine rings is 1. The summed E-state index contributed by atoms with van der Waals surface area (Å²) in [6.07, 6.45) is 2.84. The zero-order valence-electron chi connectivity index (χ0n) is 21.7. The van der Waals surface area contributed by atoms with E-state index in [0.29, 0.717) is 51.7 Å². The Hall–Kier alpha value is -2.82. The van der Waals surface area contributed by atoms with Crippen molar-refractivity contribution in [3.63, 3.8) is 0 Å². The molecule has 3 fully saturated rings. The van der Waals surface area contributed by atoms with E-state index in [0.717, 1.165) is 18.4 Å². The van der Waals surface area contributed by atoms with Crippen molar-refractivity contribution in [2.45, 2.75) is 63.3 Å². The fourth-order valence-electron chi connectivity index (χ4n) is 4.48. The quantitative estimate of drug-likeness (QED) is 0.321. The van der Waals surface area contributed by atoms with Crippen molar-refractivity contribution in [2.75, 3.05) is 39.5 Å². The van der Waals surface area contributed by atoms with Crippen LogP contribution in [0.2, 0.25) is 0 Å². The monoisotopic (exact) mass is 514 g/mol. The molecule has 37 heavy (non-hydrogen) atoms. The minimum atomic E-state index is -0.888. The molecule has 10 nitrogen and oxygen atoms in total. The van der Waals surface area contributed by atoms with Crippen molar-refractivity contribution in [1.82, 2.24) is 20.9 Å². The SMILES string of the molecule is C[C@H](NC(=O)CN1CCOCC1)C(=O)N[C@@H](CC1CC1)C(=O)N[C@@H](Cc1ccccc1)C(=O)[C@]1(C)CO1. The number of ether oxygens (including phenoxy) is 2. The molecule has 202 valence electrons. The Morgan fingerprint density at radius 2 is 1.65 bits per heavy atom. The fourth-order valence-corrected chi connectivity index (χ4v) is 4.48. The predicted molar refractivity (Wildman–Crippen MR) is 136 cm³/mol. The number of Topliss-reactive ketones (excluding diaryl/α,β-unsaturated/α-hetero) is 1. The predicted octanol–water partition coefficient (Wildman–Crippen LogP) is 0.194. The molecule has 2 saturated heterocycles. The highest BCUT2D eigenvalue weighted by Gasteiger charge is 2.50. The van der Waals surface area contributed by atoms with Crippen LogP contribution in [0.5, 0.6) is 0 Å². The number of hydrogen-bond acceptors (Lipinski definition) is 7. The van der Waals surface area contributed by atoms with Crippen molar-refractivity contribution in [2.24, 2.45) is 5.92 Å². The highest BCUT2D eigenvalue weighted by Crippen LogP contribution is 2.34. The van der Waals surface area contributed by atoms with Crippen LogP contribution in [0, 0.1) is 5.92 Å². The average molecular weight is 515 g/mol. The summed E-state index contributed by atoms with van der Waals surface area (Å²) in [5, 5.41) is 8.44. The lowest BCUT2D eigenvalue weighted by atomic mass is 9.94. The molecule has 4 rings (SSSR count). The van der Waals surface area contributed by atoms with Crippen molar-refractivity contribution < 1.29 is 28.7 Å². The number of rotatable bonds is 13. The molecule has 0 bridgehead atoms. The van der Waals surface area contributed by atoms with E-state index in [4.69, 9.17) is 9.47 Å². The van der Waals surface area contributed by atoms with Gasteiger partial charge in [-0.3, -0.25) is 24.1 Å². The summed E-state index contributed by atoms with van der Waals surface area (Å²) >= 11 is 0. The van der Waals surface area contributed by atoms with E-state index in [-0.39, 0.29) is 18.2 Å². The van der Waals surface area contributed by atoms with E-state index in [9.17, 15) is 19.2 Å². The van der Waals surface area contributed by atoms with E-state index in [2.05, 4.69) is 16.0 Å². The lowest BCUT2D eigenvalue weighted by Crippen LogP contribution is -2.57. The van der Waals surface area contributed by atoms with Gasteiger partial charge in [0.15, 0.2) is 5.78 Å². The summed E-state index contributed by atoms with van der Waals surface area (Å²) < 4.78 is 10.7. The Balaban J connectivity index is 1.36. The molecule has 2 aliphatic heterocycles. The van der Waals surface area contributed by atoms with Gasteiger partial charge in [-0.05, 0) is 38.2 Å². The van der Waals surface area contributed by atoms with Crippen LogP contribution in [-0.4, -0.2) is 91.6 Å². The molecule has 10 heteroatoms. The number of nitrogens with one attached hydrogen (secondary N) is 3. The normalized spacial score (nSPS) is 23.8. The summed E-state index contributed by atoms with van der Waals surface area (Å²) in [5.41, 5.74) is 0.0334. The molecule has 1 aromatic carbocycles. The maximum Gasteiger partial charge on any atom is 0.243 e. The zero-order valence-corrected chi connectivity index (χ0v) is 21.7. The van der Waals surface area contributed by atoms with Gasteiger partial charge in [-0.15, -0.1) is 0 Å². The lowest BCUT2D eigenvalue weighted by molar-refractivity contribution is -0.134. The third kappa shape index (κ3) is 8.08. The minimum Gasteiger partial charge on any atom is -0.379 e. The zero-order chi connectivity index (χ0) is 26.4. The maximum atomic E-state index is 13.4. The highest BCUT2D eigenvalue weighted by molar-refractivity contribution is 5.98. The van der Waals surface area contributed by atoms with E-state index in [1.807, 2.05) is 35.2 Å².